The molecule has 1 atom stereocenters. The predicted octanol–water partition coefficient (Wildman–Crippen LogP) is 3.10. The number of piperidine rings is 1. The Balaban J connectivity index is 0.914. The Morgan fingerprint density at radius 3 is 2.41 bits per heavy atom. The number of ether oxygens (including phenoxy) is 2. The number of rotatable bonds is 18. The summed E-state index contributed by atoms with van der Waals surface area (Å²) in [6, 6.07) is 12.2. The van der Waals surface area contributed by atoms with E-state index in [9.17, 15) is 36.8 Å². The summed E-state index contributed by atoms with van der Waals surface area (Å²) in [5, 5.41) is 11.2. The quantitative estimate of drug-likeness (QED) is 0.0621. The van der Waals surface area contributed by atoms with Gasteiger partial charge in [-0.15, -0.1) is 0 Å². The SMILES string of the molecule is Cc1cc(S(=O)(=O)NCCOCCOCCNc2cccc3c2C(=O)N(C2CCC(=O)NC2=O)C3=O)ccc1Nc1ncc(Br)c(Nc2cccc(F)c2C(N)=O)n1. The molecule has 5 amide bonds. The highest BCUT2D eigenvalue weighted by atomic mass is 79.9. The number of amides is 5. The average molecular weight is 883 g/mol. The van der Waals surface area contributed by atoms with E-state index >= 15 is 0 Å². The normalized spacial score (nSPS) is 15.3. The summed E-state index contributed by atoms with van der Waals surface area (Å²) in [6.07, 6.45) is 1.53. The van der Waals surface area contributed by atoms with Gasteiger partial charge in [-0.2, -0.15) is 4.98 Å². The molecule has 0 spiro atoms. The van der Waals surface area contributed by atoms with Crippen LogP contribution in [0.1, 0.15) is 49.5 Å². The Hall–Kier alpha value is -5.87. The Morgan fingerprint density at radius 2 is 1.69 bits per heavy atom. The zero-order valence-electron chi connectivity index (χ0n) is 30.8. The van der Waals surface area contributed by atoms with Crippen LogP contribution in [0, 0.1) is 12.7 Å². The average Bonchev–Trinajstić information content (AvgIpc) is 3.43. The first-order chi connectivity index (χ1) is 27.7. The molecule has 2 aliphatic heterocycles. The van der Waals surface area contributed by atoms with E-state index in [0.29, 0.717) is 21.4 Å². The highest BCUT2D eigenvalue weighted by molar-refractivity contribution is 9.10. The summed E-state index contributed by atoms with van der Waals surface area (Å²) < 4.78 is 54.2. The summed E-state index contributed by atoms with van der Waals surface area (Å²) in [6.45, 7) is 2.66. The number of hydrogen-bond acceptors (Lipinski definition) is 14. The number of fused-ring (bicyclic) bond motifs is 1. The number of nitrogens with two attached hydrogens (primary N) is 1. The highest BCUT2D eigenvalue weighted by Gasteiger charge is 2.45. The maximum absolute atomic E-state index is 14.3. The molecule has 2 aliphatic rings. The minimum absolute atomic E-state index is 0.00403. The van der Waals surface area contributed by atoms with Crippen LogP contribution in [0.25, 0.3) is 0 Å². The van der Waals surface area contributed by atoms with Crippen molar-refractivity contribution in [1.82, 2.24) is 24.9 Å². The summed E-state index contributed by atoms with van der Waals surface area (Å²) in [5.74, 6) is -3.75. The van der Waals surface area contributed by atoms with Gasteiger partial charge in [-0.1, -0.05) is 12.1 Å². The van der Waals surface area contributed by atoms with Gasteiger partial charge < -0.3 is 31.2 Å². The van der Waals surface area contributed by atoms with Crippen molar-refractivity contribution in [2.24, 2.45) is 5.73 Å². The molecule has 1 aromatic heterocycles. The van der Waals surface area contributed by atoms with Gasteiger partial charge in [0.1, 0.15) is 17.7 Å². The second-order valence-corrected chi connectivity index (χ2v) is 15.5. The smallest absolute Gasteiger partial charge is 0.264 e. The molecule has 0 aliphatic carbocycles. The Kier molecular flexibility index (Phi) is 13.1. The third-order valence-corrected chi connectivity index (χ3v) is 11.0. The fourth-order valence-corrected chi connectivity index (χ4v) is 7.55. The molecule has 1 unspecified atom stereocenters. The number of imide groups is 2. The Bertz CT molecular complexity index is 2400. The third-order valence-electron chi connectivity index (χ3n) is 8.95. The number of sulfonamides is 1. The molecule has 3 aromatic carbocycles. The molecule has 0 bridgehead atoms. The standard InChI is InChI=1S/C37H37BrFN9O9S/c1-20-18-21(8-9-25(20)45-37-42-19-23(38)33(47-37)44-27-7-3-5-24(39)31(27)32(40)50)58(54,55)43-13-15-57-17-16-56-14-12-41-26-6-2-4-22-30(26)36(53)48(35(22)52)28-10-11-29(49)46-34(28)51/h2-9,18-19,28,41,43H,10-17H2,1H3,(H2,40,50)(H,46,49,51)(H2,42,44,45,47). The van der Waals surface area contributed by atoms with E-state index in [1.165, 1.54) is 36.5 Å². The summed E-state index contributed by atoms with van der Waals surface area (Å²) in [4.78, 5) is 71.5. The molecular weight excluding hydrogens is 845 g/mol. The number of aryl methyl sites for hydroxylation is 1. The van der Waals surface area contributed by atoms with Gasteiger partial charge >= 0.3 is 0 Å². The molecule has 1 fully saturated rings. The lowest BCUT2D eigenvalue weighted by Crippen LogP contribution is -2.54. The number of halogens is 2. The molecule has 18 nitrogen and oxygen atoms in total. The number of aromatic nitrogens is 2. The van der Waals surface area contributed by atoms with E-state index in [2.05, 4.69) is 51.9 Å². The number of nitrogens with one attached hydrogen (secondary N) is 5. The van der Waals surface area contributed by atoms with Crippen LogP contribution in [-0.4, -0.2) is 98.4 Å². The third kappa shape index (κ3) is 9.45. The monoisotopic (exact) mass is 881 g/mol. The maximum atomic E-state index is 14.3. The minimum Gasteiger partial charge on any atom is -0.382 e. The number of nitrogens with zero attached hydrogens (tertiary/aromatic N) is 3. The summed E-state index contributed by atoms with van der Waals surface area (Å²) in [7, 11) is -3.89. The van der Waals surface area contributed by atoms with Crippen molar-refractivity contribution in [3.63, 3.8) is 0 Å². The lowest BCUT2D eigenvalue weighted by Gasteiger charge is -2.27. The van der Waals surface area contributed by atoms with E-state index in [1.807, 2.05) is 0 Å². The highest BCUT2D eigenvalue weighted by Crippen LogP contribution is 2.33. The van der Waals surface area contributed by atoms with Crippen LogP contribution < -0.4 is 31.7 Å². The lowest BCUT2D eigenvalue weighted by atomic mass is 10.0. The Morgan fingerprint density at radius 1 is 0.966 bits per heavy atom. The van der Waals surface area contributed by atoms with E-state index in [0.717, 1.165) is 11.0 Å². The number of carbonyl (C=O) groups excluding carboxylic acids is 5. The fraction of sp³-hybridized carbons (Fsp3) is 0.270. The number of hydrogen-bond donors (Lipinski definition) is 6. The molecule has 0 saturated carbocycles. The first-order valence-electron chi connectivity index (χ1n) is 17.7. The van der Waals surface area contributed by atoms with Crippen LogP contribution in [-0.2, 0) is 29.1 Å². The Labute approximate surface area is 339 Å². The number of carbonyl (C=O) groups is 5. The van der Waals surface area contributed by atoms with Crippen LogP contribution >= 0.6 is 15.9 Å². The van der Waals surface area contributed by atoms with Gasteiger partial charge in [-0.25, -0.2) is 22.5 Å². The molecule has 304 valence electrons. The number of benzene rings is 3. The van der Waals surface area contributed by atoms with Crippen molar-refractivity contribution in [2.75, 3.05) is 55.5 Å². The molecule has 0 radical (unpaired) electrons. The minimum atomic E-state index is -3.89. The van der Waals surface area contributed by atoms with Crippen molar-refractivity contribution in [3.05, 3.63) is 93.3 Å². The predicted molar refractivity (Wildman–Crippen MR) is 211 cm³/mol. The first-order valence-corrected chi connectivity index (χ1v) is 20.0. The van der Waals surface area contributed by atoms with Gasteiger partial charge in [0.25, 0.3) is 17.7 Å². The zero-order valence-corrected chi connectivity index (χ0v) is 33.2. The molecule has 6 rings (SSSR count). The second-order valence-electron chi connectivity index (χ2n) is 12.9. The molecule has 3 heterocycles. The van der Waals surface area contributed by atoms with Gasteiger partial charge in [-0.05, 0) is 77.3 Å². The van der Waals surface area contributed by atoms with E-state index in [-0.39, 0.29) is 91.4 Å². The van der Waals surface area contributed by atoms with Crippen LogP contribution in [0.2, 0.25) is 0 Å². The lowest BCUT2D eigenvalue weighted by molar-refractivity contribution is -0.136. The van der Waals surface area contributed by atoms with Crippen molar-refractivity contribution in [2.45, 2.75) is 30.7 Å². The van der Waals surface area contributed by atoms with E-state index < -0.39 is 51.4 Å². The van der Waals surface area contributed by atoms with Crippen LogP contribution in [0.15, 0.2) is 70.2 Å². The van der Waals surface area contributed by atoms with Gasteiger partial charge in [-0.3, -0.25) is 34.2 Å². The molecular formula is C37H37BrFN9O9S. The topological polar surface area (TPSA) is 253 Å². The summed E-state index contributed by atoms with van der Waals surface area (Å²) in [5.41, 5.74) is 6.94. The van der Waals surface area contributed by atoms with Crippen LogP contribution in [0.3, 0.4) is 0 Å². The van der Waals surface area contributed by atoms with Crippen molar-refractivity contribution in [1.29, 1.82) is 0 Å². The van der Waals surface area contributed by atoms with Crippen molar-refractivity contribution < 1.29 is 46.3 Å². The van der Waals surface area contributed by atoms with Gasteiger partial charge in [0.2, 0.25) is 27.8 Å². The van der Waals surface area contributed by atoms with Crippen LogP contribution in [0.4, 0.5) is 33.2 Å². The zero-order chi connectivity index (χ0) is 41.6. The molecule has 1 saturated heterocycles. The fourth-order valence-electron chi connectivity index (χ4n) is 6.16. The van der Waals surface area contributed by atoms with Gasteiger partial charge in [0, 0.05) is 37.1 Å². The second kappa shape index (κ2) is 18.2. The molecule has 7 N–H and O–H groups in total. The first kappa shape index (κ1) is 41.8. The molecule has 4 aromatic rings. The van der Waals surface area contributed by atoms with Crippen molar-refractivity contribution in [3.8, 4) is 0 Å². The maximum Gasteiger partial charge on any atom is 0.264 e. The summed E-state index contributed by atoms with van der Waals surface area (Å²) >= 11 is 3.33. The van der Waals surface area contributed by atoms with E-state index in [4.69, 9.17) is 15.2 Å². The number of primary amides is 1. The largest absolute Gasteiger partial charge is 0.382 e. The molecule has 21 heteroatoms. The molecule has 58 heavy (non-hydrogen) atoms. The van der Waals surface area contributed by atoms with Crippen LogP contribution in [0.5, 0.6) is 0 Å². The number of anilines is 5. The van der Waals surface area contributed by atoms with E-state index in [1.54, 1.807) is 25.1 Å². The van der Waals surface area contributed by atoms with Gasteiger partial charge in [0.15, 0.2) is 0 Å². The van der Waals surface area contributed by atoms with Gasteiger partial charge in [0.05, 0.1) is 58.2 Å². The van der Waals surface area contributed by atoms with Crippen molar-refractivity contribution >= 4 is 84.3 Å².